The van der Waals surface area contributed by atoms with Gasteiger partial charge in [-0.2, -0.15) is 10.1 Å². The average Bonchev–Trinajstić information content (AvgIpc) is 3.28. The zero-order valence-electron chi connectivity index (χ0n) is 18.2. The van der Waals surface area contributed by atoms with Crippen LogP contribution < -0.4 is 10.6 Å². The van der Waals surface area contributed by atoms with Crippen molar-refractivity contribution in [3.05, 3.63) is 65.3 Å². The Bertz CT molecular complexity index is 1210. The maximum atomic E-state index is 5.97. The van der Waals surface area contributed by atoms with Crippen molar-refractivity contribution in [2.24, 2.45) is 0 Å². The quantitative estimate of drug-likeness (QED) is 0.363. The summed E-state index contributed by atoms with van der Waals surface area (Å²) < 4.78 is 5.39. The molecule has 1 aliphatic heterocycles. The van der Waals surface area contributed by atoms with Crippen LogP contribution in [-0.4, -0.2) is 64.5 Å². The summed E-state index contributed by atoms with van der Waals surface area (Å²) in [5, 5.41) is 15.9. The van der Waals surface area contributed by atoms with E-state index in [1.54, 1.807) is 0 Å². The molecule has 0 bridgehead atoms. The Morgan fingerprint density at radius 2 is 1.91 bits per heavy atom. The third kappa shape index (κ3) is 5.42. The van der Waals surface area contributed by atoms with Gasteiger partial charge in [-0.15, -0.1) is 0 Å². The van der Waals surface area contributed by atoms with Gasteiger partial charge in [-0.3, -0.25) is 10.00 Å². The van der Waals surface area contributed by atoms with E-state index in [1.165, 1.54) is 5.56 Å². The highest BCUT2D eigenvalue weighted by molar-refractivity contribution is 6.30. The number of anilines is 2. The molecule has 9 heteroatoms. The highest BCUT2D eigenvalue weighted by atomic mass is 35.5. The van der Waals surface area contributed by atoms with E-state index in [0.29, 0.717) is 18.1 Å². The van der Waals surface area contributed by atoms with Crippen LogP contribution in [0.25, 0.3) is 22.3 Å². The summed E-state index contributed by atoms with van der Waals surface area (Å²) in [4.78, 5) is 11.4. The molecule has 1 aliphatic rings. The van der Waals surface area contributed by atoms with Crippen molar-refractivity contribution in [2.75, 3.05) is 50.0 Å². The van der Waals surface area contributed by atoms with Crippen molar-refractivity contribution < 1.29 is 4.74 Å². The Kier molecular flexibility index (Phi) is 6.66. The summed E-state index contributed by atoms with van der Waals surface area (Å²) in [5.74, 6) is 0.590. The summed E-state index contributed by atoms with van der Waals surface area (Å²) >= 11 is 5.97. The highest BCUT2D eigenvalue weighted by Gasteiger charge is 2.12. The molecule has 170 valence electrons. The minimum absolute atomic E-state index is 0.590. The predicted molar refractivity (Wildman–Crippen MR) is 132 cm³/mol. The van der Waals surface area contributed by atoms with Gasteiger partial charge >= 0.3 is 0 Å². The van der Waals surface area contributed by atoms with Gasteiger partial charge < -0.3 is 15.4 Å². The SMILES string of the molecule is Clc1ccc(CNc2cccc(-c3[nH]nc4nc(NCCN5CCOCC5)ncc34)c2)cc1. The van der Waals surface area contributed by atoms with Crippen molar-refractivity contribution in [1.82, 2.24) is 25.1 Å². The molecule has 3 heterocycles. The number of aromatic nitrogens is 4. The molecular formula is C24H26ClN7O. The van der Waals surface area contributed by atoms with Gasteiger partial charge in [0.2, 0.25) is 5.95 Å². The van der Waals surface area contributed by atoms with Gasteiger partial charge in [0.15, 0.2) is 5.65 Å². The first-order valence-corrected chi connectivity index (χ1v) is 11.5. The molecule has 0 unspecified atom stereocenters. The monoisotopic (exact) mass is 463 g/mol. The fourth-order valence-corrected chi connectivity index (χ4v) is 3.98. The molecule has 8 nitrogen and oxygen atoms in total. The molecule has 0 amide bonds. The Hall–Kier alpha value is -3.20. The van der Waals surface area contributed by atoms with Crippen LogP contribution in [0.15, 0.2) is 54.7 Å². The molecule has 2 aromatic carbocycles. The van der Waals surface area contributed by atoms with Gasteiger partial charge in [0.25, 0.3) is 0 Å². The molecule has 0 saturated carbocycles. The van der Waals surface area contributed by atoms with E-state index >= 15 is 0 Å². The van der Waals surface area contributed by atoms with Crippen LogP contribution in [0, 0.1) is 0 Å². The minimum atomic E-state index is 0.590. The van der Waals surface area contributed by atoms with Crippen molar-refractivity contribution in [3.63, 3.8) is 0 Å². The van der Waals surface area contributed by atoms with Gasteiger partial charge in [-0.05, 0) is 29.8 Å². The third-order valence-corrected chi connectivity index (χ3v) is 5.94. The number of fused-ring (bicyclic) bond motifs is 1. The largest absolute Gasteiger partial charge is 0.381 e. The van der Waals surface area contributed by atoms with Crippen LogP contribution in [0.3, 0.4) is 0 Å². The molecule has 0 radical (unpaired) electrons. The lowest BCUT2D eigenvalue weighted by Gasteiger charge is -2.26. The molecule has 4 aromatic rings. The number of rotatable bonds is 8. The van der Waals surface area contributed by atoms with Crippen molar-refractivity contribution >= 4 is 34.3 Å². The smallest absolute Gasteiger partial charge is 0.224 e. The van der Waals surface area contributed by atoms with Gasteiger partial charge in [0, 0.05) is 55.2 Å². The maximum absolute atomic E-state index is 5.97. The van der Waals surface area contributed by atoms with Crippen LogP contribution >= 0.6 is 11.6 Å². The number of halogens is 1. The Balaban J connectivity index is 1.24. The van der Waals surface area contributed by atoms with E-state index in [2.05, 4.69) is 47.8 Å². The number of hydrogen-bond acceptors (Lipinski definition) is 7. The molecule has 3 N–H and O–H groups in total. The normalized spacial score (nSPS) is 14.5. The van der Waals surface area contributed by atoms with Gasteiger partial charge in [0.05, 0.1) is 24.3 Å². The van der Waals surface area contributed by atoms with E-state index in [1.807, 2.05) is 42.6 Å². The molecule has 2 aromatic heterocycles. The molecule has 0 atom stereocenters. The number of hydrogen-bond donors (Lipinski definition) is 3. The van der Waals surface area contributed by atoms with E-state index in [0.717, 1.165) is 66.7 Å². The Morgan fingerprint density at radius 3 is 2.76 bits per heavy atom. The van der Waals surface area contributed by atoms with E-state index in [4.69, 9.17) is 16.3 Å². The van der Waals surface area contributed by atoms with Crippen LogP contribution in [-0.2, 0) is 11.3 Å². The molecular weight excluding hydrogens is 438 g/mol. The summed E-state index contributed by atoms with van der Waals surface area (Å²) in [5.41, 5.74) is 4.76. The van der Waals surface area contributed by atoms with E-state index in [9.17, 15) is 0 Å². The lowest BCUT2D eigenvalue weighted by Crippen LogP contribution is -2.39. The Morgan fingerprint density at radius 1 is 1.06 bits per heavy atom. The van der Waals surface area contributed by atoms with Gasteiger partial charge in [-0.25, -0.2) is 4.98 Å². The van der Waals surface area contributed by atoms with Crippen LogP contribution in [0.1, 0.15) is 5.56 Å². The van der Waals surface area contributed by atoms with Crippen molar-refractivity contribution in [2.45, 2.75) is 6.54 Å². The molecule has 0 spiro atoms. The second-order valence-electron chi connectivity index (χ2n) is 7.97. The van der Waals surface area contributed by atoms with Crippen molar-refractivity contribution in [1.29, 1.82) is 0 Å². The zero-order valence-corrected chi connectivity index (χ0v) is 19.0. The lowest BCUT2D eigenvalue weighted by atomic mass is 10.1. The predicted octanol–water partition coefficient (Wildman–Crippen LogP) is 4.03. The Labute approximate surface area is 197 Å². The number of benzene rings is 2. The number of nitrogens with one attached hydrogen (secondary N) is 3. The molecule has 0 aliphatic carbocycles. The first-order valence-electron chi connectivity index (χ1n) is 11.1. The topological polar surface area (TPSA) is 91.0 Å². The third-order valence-electron chi connectivity index (χ3n) is 5.69. The van der Waals surface area contributed by atoms with E-state index < -0.39 is 0 Å². The second-order valence-corrected chi connectivity index (χ2v) is 8.41. The summed E-state index contributed by atoms with van der Waals surface area (Å²) in [6, 6.07) is 16.1. The van der Waals surface area contributed by atoms with E-state index in [-0.39, 0.29) is 0 Å². The standard InChI is InChI=1S/C24H26ClN7O/c25-19-6-4-17(5-7-19)15-27-20-3-1-2-18(14-20)22-21-16-28-24(29-23(21)31-30-22)26-8-9-32-10-12-33-13-11-32/h1-7,14,16,27H,8-13,15H2,(H2,26,28,29,30,31). The molecule has 1 fully saturated rings. The molecule has 33 heavy (non-hydrogen) atoms. The van der Waals surface area contributed by atoms with Gasteiger partial charge in [-0.1, -0.05) is 35.9 Å². The zero-order chi connectivity index (χ0) is 22.5. The average molecular weight is 464 g/mol. The summed E-state index contributed by atoms with van der Waals surface area (Å²) in [7, 11) is 0. The number of nitrogens with zero attached hydrogens (tertiary/aromatic N) is 4. The van der Waals surface area contributed by atoms with Crippen LogP contribution in [0.4, 0.5) is 11.6 Å². The number of ether oxygens (including phenoxy) is 1. The van der Waals surface area contributed by atoms with Crippen molar-refractivity contribution in [3.8, 4) is 11.3 Å². The highest BCUT2D eigenvalue weighted by Crippen LogP contribution is 2.27. The first-order chi connectivity index (χ1) is 16.2. The number of aromatic amines is 1. The van der Waals surface area contributed by atoms with Gasteiger partial charge in [0.1, 0.15) is 0 Å². The lowest BCUT2D eigenvalue weighted by molar-refractivity contribution is 0.0398. The first kappa shape index (κ1) is 21.6. The van der Waals surface area contributed by atoms with Crippen LogP contribution in [0.5, 0.6) is 0 Å². The fraction of sp³-hybridized carbons (Fsp3) is 0.292. The number of H-pyrrole nitrogens is 1. The van der Waals surface area contributed by atoms with Crippen LogP contribution in [0.2, 0.25) is 5.02 Å². The molecule has 5 rings (SSSR count). The second kappa shape index (κ2) is 10.2. The maximum Gasteiger partial charge on any atom is 0.224 e. The fourth-order valence-electron chi connectivity index (χ4n) is 3.85. The summed E-state index contributed by atoms with van der Waals surface area (Å²) in [6.45, 7) is 5.98. The molecule has 1 saturated heterocycles. The number of morpholine rings is 1. The minimum Gasteiger partial charge on any atom is -0.381 e. The summed E-state index contributed by atoms with van der Waals surface area (Å²) in [6.07, 6.45) is 1.83.